The maximum atomic E-state index is 5.58. The molecule has 104 valence electrons. The predicted octanol–water partition coefficient (Wildman–Crippen LogP) is 3.40. The lowest BCUT2D eigenvalue weighted by Gasteiger charge is -2.25. The first-order chi connectivity index (χ1) is 8.69. The zero-order valence-electron chi connectivity index (χ0n) is 12.3. The highest BCUT2D eigenvalue weighted by Gasteiger charge is 2.13. The lowest BCUT2D eigenvalue weighted by molar-refractivity contribution is 0.211. The molecule has 0 bridgehead atoms. The van der Waals surface area contributed by atoms with Crippen molar-refractivity contribution in [1.29, 1.82) is 0 Å². The van der Waals surface area contributed by atoms with E-state index in [0.29, 0.717) is 6.04 Å². The second kappa shape index (κ2) is 8.33. The fraction of sp³-hybridized carbons (Fsp3) is 0.733. The van der Waals surface area contributed by atoms with Crippen LogP contribution >= 0.6 is 0 Å². The van der Waals surface area contributed by atoms with E-state index >= 15 is 0 Å². The lowest BCUT2D eigenvalue weighted by atomic mass is 10.2. The molecule has 0 atom stereocenters. The minimum atomic E-state index is 0.580. The summed E-state index contributed by atoms with van der Waals surface area (Å²) in [5.41, 5.74) is 1.32. The van der Waals surface area contributed by atoms with Crippen LogP contribution in [0.4, 0.5) is 0 Å². The van der Waals surface area contributed by atoms with Gasteiger partial charge >= 0.3 is 0 Å². The van der Waals surface area contributed by atoms with Crippen molar-refractivity contribution in [3.63, 3.8) is 0 Å². The van der Waals surface area contributed by atoms with E-state index in [0.717, 1.165) is 38.4 Å². The minimum absolute atomic E-state index is 0.580. The average molecular weight is 252 g/mol. The first-order valence-corrected chi connectivity index (χ1v) is 7.19. The molecule has 0 unspecified atom stereocenters. The second-order valence-electron chi connectivity index (χ2n) is 5.11. The topological polar surface area (TPSA) is 28.4 Å². The van der Waals surface area contributed by atoms with Gasteiger partial charge in [0, 0.05) is 18.2 Å². The van der Waals surface area contributed by atoms with E-state index in [1.807, 2.05) is 6.26 Å². The maximum Gasteiger partial charge on any atom is 0.122 e. The van der Waals surface area contributed by atoms with Gasteiger partial charge in [0.2, 0.25) is 0 Å². The molecular weight excluding hydrogens is 224 g/mol. The van der Waals surface area contributed by atoms with Crippen molar-refractivity contribution >= 4 is 0 Å². The Morgan fingerprint density at radius 2 is 2.06 bits per heavy atom. The van der Waals surface area contributed by atoms with Crippen molar-refractivity contribution in [2.75, 3.05) is 13.1 Å². The molecule has 18 heavy (non-hydrogen) atoms. The van der Waals surface area contributed by atoms with Gasteiger partial charge in [-0.2, -0.15) is 0 Å². The third kappa shape index (κ3) is 4.83. The van der Waals surface area contributed by atoms with Gasteiger partial charge in [0.05, 0.1) is 12.8 Å². The molecule has 0 aliphatic carbocycles. The van der Waals surface area contributed by atoms with E-state index in [4.69, 9.17) is 4.42 Å². The first-order valence-electron chi connectivity index (χ1n) is 7.19. The highest BCUT2D eigenvalue weighted by atomic mass is 16.3. The Balaban J connectivity index is 2.56. The molecular formula is C15H28N2O. The van der Waals surface area contributed by atoms with Gasteiger partial charge in [-0.05, 0) is 45.8 Å². The van der Waals surface area contributed by atoms with Crippen LogP contribution in [0.5, 0.6) is 0 Å². The van der Waals surface area contributed by atoms with Gasteiger partial charge < -0.3 is 9.73 Å². The smallest absolute Gasteiger partial charge is 0.122 e. The largest absolute Gasteiger partial charge is 0.468 e. The van der Waals surface area contributed by atoms with E-state index in [1.54, 1.807) is 0 Å². The summed E-state index contributed by atoms with van der Waals surface area (Å²) >= 11 is 0. The van der Waals surface area contributed by atoms with Gasteiger partial charge in [-0.25, -0.2) is 0 Å². The molecule has 1 N–H and O–H groups in total. The zero-order chi connectivity index (χ0) is 13.4. The van der Waals surface area contributed by atoms with Gasteiger partial charge in [0.1, 0.15) is 5.76 Å². The van der Waals surface area contributed by atoms with Crippen LogP contribution in [0.3, 0.4) is 0 Å². The molecule has 3 heteroatoms. The zero-order valence-corrected chi connectivity index (χ0v) is 12.3. The van der Waals surface area contributed by atoms with Gasteiger partial charge in [0.15, 0.2) is 0 Å². The second-order valence-corrected chi connectivity index (χ2v) is 5.11. The van der Waals surface area contributed by atoms with Crippen LogP contribution < -0.4 is 5.32 Å². The molecule has 1 heterocycles. The van der Waals surface area contributed by atoms with Gasteiger partial charge in [0.25, 0.3) is 0 Å². The molecule has 0 aromatic carbocycles. The number of nitrogens with one attached hydrogen (secondary N) is 1. The Morgan fingerprint density at radius 1 is 1.28 bits per heavy atom. The standard InChI is InChI=1S/C15H28N2O/c1-5-8-16-11-15-14(7-10-18-15)12-17(9-6-2)13(3)4/h7,10,13,16H,5-6,8-9,11-12H2,1-4H3. The van der Waals surface area contributed by atoms with Crippen molar-refractivity contribution in [2.45, 2.75) is 59.7 Å². The molecule has 0 amide bonds. The van der Waals surface area contributed by atoms with Crippen molar-refractivity contribution in [3.8, 4) is 0 Å². The summed E-state index contributed by atoms with van der Waals surface area (Å²) in [6.07, 6.45) is 4.16. The molecule has 0 aliphatic heterocycles. The quantitative estimate of drug-likeness (QED) is 0.683. The fourth-order valence-corrected chi connectivity index (χ4v) is 2.07. The number of furan rings is 1. The highest BCUT2D eigenvalue weighted by Crippen LogP contribution is 2.15. The van der Waals surface area contributed by atoms with Crippen LogP contribution in [-0.2, 0) is 13.1 Å². The van der Waals surface area contributed by atoms with Crippen LogP contribution in [0, 0.1) is 0 Å². The fourth-order valence-electron chi connectivity index (χ4n) is 2.07. The Kier molecular flexibility index (Phi) is 7.06. The van der Waals surface area contributed by atoms with E-state index in [9.17, 15) is 0 Å². The third-order valence-electron chi connectivity index (χ3n) is 3.16. The van der Waals surface area contributed by atoms with E-state index in [2.05, 4.69) is 44.0 Å². The van der Waals surface area contributed by atoms with Crippen LogP contribution in [0.1, 0.15) is 51.9 Å². The van der Waals surface area contributed by atoms with Gasteiger partial charge in [-0.15, -0.1) is 0 Å². The molecule has 3 nitrogen and oxygen atoms in total. The summed E-state index contributed by atoms with van der Waals surface area (Å²) in [6, 6.07) is 2.69. The molecule has 0 radical (unpaired) electrons. The molecule has 1 rings (SSSR count). The van der Waals surface area contributed by atoms with Crippen molar-refractivity contribution < 1.29 is 4.42 Å². The number of hydrogen-bond acceptors (Lipinski definition) is 3. The number of hydrogen-bond donors (Lipinski definition) is 1. The minimum Gasteiger partial charge on any atom is -0.468 e. The van der Waals surface area contributed by atoms with E-state index < -0.39 is 0 Å². The summed E-state index contributed by atoms with van der Waals surface area (Å²) in [6.45, 7) is 12.9. The number of nitrogens with zero attached hydrogens (tertiary/aromatic N) is 1. The number of rotatable bonds is 9. The molecule has 0 saturated carbocycles. The first kappa shape index (κ1) is 15.3. The van der Waals surface area contributed by atoms with Crippen molar-refractivity contribution in [1.82, 2.24) is 10.2 Å². The summed E-state index contributed by atoms with van der Waals surface area (Å²) in [7, 11) is 0. The monoisotopic (exact) mass is 252 g/mol. The van der Waals surface area contributed by atoms with Crippen molar-refractivity contribution in [2.24, 2.45) is 0 Å². The molecule has 1 aromatic heterocycles. The molecule has 0 saturated heterocycles. The maximum absolute atomic E-state index is 5.58. The van der Waals surface area contributed by atoms with Gasteiger partial charge in [-0.3, -0.25) is 4.90 Å². The van der Waals surface area contributed by atoms with Crippen molar-refractivity contribution in [3.05, 3.63) is 23.7 Å². The molecule has 0 aliphatic rings. The molecule has 0 fully saturated rings. The SMILES string of the molecule is CCCNCc1occc1CN(CCC)C(C)C. The van der Waals surface area contributed by atoms with Crippen LogP contribution in [0.25, 0.3) is 0 Å². The van der Waals surface area contributed by atoms with E-state index in [1.165, 1.54) is 12.0 Å². The third-order valence-corrected chi connectivity index (χ3v) is 3.16. The predicted molar refractivity (Wildman–Crippen MR) is 76.5 cm³/mol. The van der Waals surface area contributed by atoms with Crippen LogP contribution in [-0.4, -0.2) is 24.0 Å². The summed E-state index contributed by atoms with van der Waals surface area (Å²) in [5.74, 6) is 1.09. The molecule has 0 spiro atoms. The highest BCUT2D eigenvalue weighted by molar-refractivity contribution is 5.17. The van der Waals surface area contributed by atoms with E-state index in [-0.39, 0.29) is 0 Å². The average Bonchev–Trinajstić information content (AvgIpc) is 2.76. The molecule has 1 aromatic rings. The normalized spacial score (nSPS) is 11.7. The lowest BCUT2D eigenvalue weighted by Crippen LogP contribution is -2.31. The summed E-state index contributed by atoms with van der Waals surface area (Å²) < 4.78 is 5.58. The Bertz CT molecular complexity index is 320. The van der Waals surface area contributed by atoms with Crippen LogP contribution in [0.15, 0.2) is 16.7 Å². The van der Waals surface area contributed by atoms with Gasteiger partial charge in [-0.1, -0.05) is 13.8 Å². The summed E-state index contributed by atoms with van der Waals surface area (Å²) in [5, 5.41) is 3.40. The van der Waals surface area contributed by atoms with Crippen LogP contribution in [0.2, 0.25) is 0 Å². The summed E-state index contributed by atoms with van der Waals surface area (Å²) in [4.78, 5) is 2.49. The Morgan fingerprint density at radius 3 is 2.67 bits per heavy atom. The Labute approximate surface area is 112 Å². The Hall–Kier alpha value is -0.800.